The predicted octanol–water partition coefficient (Wildman–Crippen LogP) is 1.25. The molecule has 9 heteroatoms. The maximum atomic E-state index is 13.0. The first-order valence-corrected chi connectivity index (χ1v) is 9.79. The molecule has 138 valence electrons. The third-order valence-electron chi connectivity index (χ3n) is 4.83. The molecule has 2 atom stereocenters. The van der Waals surface area contributed by atoms with E-state index in [0.717, 1.165) is 0 Å². The van der Waals surface area contributed by atoms with Gasteiger partial charge in [0.15, 0.2) is 0 Å². The molecule has 8 nitrogen and oxygen atoms in total. The highest BCUT2D eigenvalue weighted by molar-refractivity contribution is 7.89. The number of carbonyl (C=O) groups excluding carboxylic acids is 1. The second-order valence-corrected chi connectivity index (χ2v) is 8.45. The highest BCUT2D eigenvalue weighted by atomic mass is 32.2. The van der Waals surface area contributed by atoms with Crippen LogP contribution in [0.25, 0.3) is 0 Å². The van der Waals surface area contributed by atoms with Gasteiger partial charge in [0.05, 0.1) is 11.7 Å². The van der Waals surface area contributed by atoms with Gasteiger partial charge in [0.1, 0.15) is 28.6 Å². The topological polar surface area (TPSA) is 102 Å². The summed E-state index contributed by atoms with van der Waals surface area (Å²) >= 11 is 0. The molecule has 4 rings (SSSR count). The Balaban J connectivity index is 1.56. The van der Waals surface area contributed by atoms with Crippen molar-refractivity contribution in [1.29, 1.82) is 0 Å². The Morgan fingerprint density at radius 1 is 1.31 bits per heavy atom. The van der Waals surface area contributed by atoms with Gasteiger partial charge in [-0.3, -0.25) is 4.79 Å². The van der Waals surface area contributed by atoms with E-state index < -0.39 is 10.0 Å². The van der Waals surface area contributed by atoms with E-state index in [0.29, 0.717) is 29.2 Å². The van der Waals surface area contributed by atoms with Crippen molar-refractivity contribution in [2.75, 3.05) is 13.2 Å². The minimum absolute atomic E-state index is 0.167. The van der Waals surface area contributed by atoms with Crippen LogP contribution >= 0.6 is 0 Å². The van der Waals surface area contributed by atoms with Crippen molar-refractivity contribution in [3.63, 3.8) is 0 Å². The molecule has 0 spiro atoms. The van der Waals surface area contributed by atoms with Crippen LogP contribution in [0.15, 0.2) is 33.7 Å². The molecule has 1 fully saturated rings. The molecule has 1 saturated heterocycles. The minimum Gasteiger partial charge on any atom is -0.490 e. The number of rotatable bonds is 2. The number of nitrogens with one attached hydrogen (secondary N) is 1. The molecule has 0 bridgehead atoms. The summed E-state index contributed by atoms with van der Waals surface area (Å²) in [4.78, 5) is 12.7. The molecule has 2 aliphatic heterocycles. The first-order chi connectivity index (χ1) is 12.4. The summed E-state index contributed by atoms with van der Waals surface area (Å²) in [7, 11) is -3.67. The summed E-state index contributed by atoms with van der Waals surface area (Å²) in [6.45, 7) is 3.84. The molecule has 0 saturated carbocycles. The predicted molar refractivity (Wildman–Crippen MR) is 91.5 cm³/mol. The van der Waals surface area contributed by atoms with E-state index in [1.807, 2.05) is 0 Å². The van der Waals surface area contributed by atoms with Gasteiger partial charge in [0.25, 0.3) is 5.91 Å². The van der Waals surface area contributed by atoms with E-state index in [1.165, 1.54) is 4.31 Å². The van der Waals surface area contributed by atoms with Crippen molar-refractivity contribution in [2.45, 2.75) is 37.2 Å². The van der Waals surface area contributed by atoms with Crippen molar-refractivity contribution in [1.82, 2.24) is 14.8 Å². The monoisotopic (exact) mass is 377 g/mol. The first kappa shape index (κ1) is 17.0. The molecule has 0 aliphatic carbocycles. The fourth-order valence-electron chi connectivity index (χ4n) is 3.60. The highest BCUT2D eigenvalue weighted by Gasteiger charge is 2.44. The van der Waals surface area contributed by atoms with Gasteiger partial charge in [0, 0.05) is 12.6 Å². The molecule has 2 aliphatic rings. The Kier molecular flexibility index (Phi) is 4.00. The van der Waals surface area contributed by atoms with Gasteiger partial charge in [0.2, 0.25) is 10.0 Å². The lowest BCUT2D eigenvalue weighted by atomic mass is 10.1. The number of nitrogens with zero attached hydrogens (tertiary/aromatic N) is 2. The number of aryl methyl sites for hydroxylation is 2. The Hall–Kier alpha value is -2.39. The summed E-state index contributed by atoms with van der Waals surface area (Å²) in [5.74, 6) is 0.512. The number of hydrogen-bond acceptors (Lipinski definition) is 6. The smallest absolute Gasteiger partial charge is 0.257 e. The fraction of sp³-hybridized carbons (Fsp3) is 0.412. The standard InChI is InChI=1S/C17H19N3O5S/c1-10-16(11(2)25-19-10)17(21)18-12-7-13-9-24-14-5-3-4-6-15(14)26(22,23)20(13)8-12/h3-6,12-13H,7-9H2,1-2H3,(H,18,21)/t12-,13-/m0/s1. The number of amides is 1. The lowest BCUT2D eigenvalue weighted by Gasteiger charge is -2.19. The number of sulfonamides is 1. The molecule has 1 aromatic heterocycles. The summed E-state index contributed by atoms with van der Waals surface area (Å²) in [6, 6.07) is 6.01. The van der Waals surface area contributed by atoms with Crippen LogP contribution < -0.4 is 10.1 Å². The van der Waals surface area contributed by atoms with E-state index in [2.05, 4.69) is 10.5 Å². The van der Waals surface area contributed by atoms with Gasteiger partial charge < -0.3 is 14.6 Å². The molecule has 2 aromatic rings. The number of benzene rings is 1. The fourth-order valence-corrected chi connectivity index (χ4v) is 5.40. The molecular formula is C17H19N3O5S. The van der Waals surface area contributed by atoms with Crippen LogP contribution in [0.3, 0.4) is 0 Å². The van der Waals surface area contributed by atoms with E-state index in [1.54, 1.807) is 38.1 Å². The molecule has 26 heavy (non-hydrogen) atoms. The van der Waals surface area contributed by atoms with Crippen LogP contribution in [0.4, 0.5) is 0 Å². The largest absolute Gasteiger partial charge is 0.490 e. The number of carbonyl (C=O) groups is 1. The number of hydrogen-bond donors (Lipinski definition) is 1. The first-order valence-electron chi connectivity index (χ1n) is 8.35. The number of ether oxygens (including phenoxy) is 1. The Morgan fingerprint density at radius 2 is 2.08 bits per heavy atom. The lowest BCUT2D eigenvalue weighted by Crippen LogP contribution is -2.39. The van der Waals surface area contributed by atoms with Gasteiger partial charge in [-0.1, -0.05) is 17.3 Å². The highest BCUT2D eigenvalue weighted by Crippen LogP contribution is 2.35. The third kappa shape index (κ3) is 2.67. The molecule has 1 aromatic carbocycles. The van der Waals surface area contributed by atoms with Crippen LogP contribution in [0.5, 0.6) is 5.75 Å². The number of para-hydroxylation sites is 1. The van der Waals surface area contributed by atoms with Gasteiger partial charge in [-0.2, -0.15) is 4.31 Å². The van der Waals surface area contributed by atoms with Crippen LogP contribution in [0.1, 0.15) is 28.2 Å². The Labute approximate surface area is 151 Å². The molecule has 1 amide bonds. The average Bonchev–Trinajstić information content (AvgIpc) is 3.14. The van der Waals surface area contributed by atoms with Crippen LogP contribution in [-0.4, -0.2) is 49.0 Å². The maximum Gasteiger partial charge on any atom is 0.257 e. The zero-order valence-electron chi connectivity index (χ0n) is 14.4. The quantitative estimate of drug-likeness (QED) is 0.845. The molecule has 1 N–H and O–H groups in total. The number of fused-ring (bicyclic) bond motifs is 2. The Bertz CT molecular complexity index is 949. The Morgan fingerprint density at radius 3 is 2.81 bits per heavy atom. The normalized spacial score (nSPS) is 24.2. The zero-order valence-corrected chi connectivity index (χ0v) is 15.2. The third-order valence-corrected chi connectivity index (χ3v) is 6.78. The van der Waals surface area contributed by atoms with Crippen molar-refractivity contribution in [2.24, 2.45) is 0 Å². The molecule has 0 unspecified atom stereocenters. The van der Waals surface area contributed by atoms with E-state index in [-0.39, 0.29) is 36.0 Å². The van der Waals surface area contributed by atoms with Gasteiger partial charge >= 0.3 is 0 Å². The van der Waals surface area contributed by atoms with E-state index in [9.17, 15) is 13.2 Å². The van der Waals surface area contributed by atoms with Crippen molar-refractivity contribution in [3.05, 3.63) is 41.3 Å². The minimum atomic E-state index is -3.67. The van der Waals surface area contributed by atoms with E-state index >= 15 is 0 Å². The van der Waals surface area contributed by atoms with Gasteiger partial charge in [-0.25, -0.2) is 8.42 Å². The summed E-state index contributed by atoms with van der Waals surface area (Å²) in [5, 5.41) is 6.68. The summed E-state index contributed by atoms with van der Waals surface area (Å²) in [6.07, 6.45) is 0.488. The molecule has 3 heterocycles. The lowest BCUT2D eigenvalue weighted by molar-refractivity contribution is 0.0936. The number of aromatic nitrogens is 1. The average molecular weight is 377 g/mol. The molecule has 0 radical (unpaired) electrons. The van der Waals surface area contributed by atoms with Crippen molar-refractivity contribution in [3.8, 4) is 5.75 Å². The maximum absolute atomic E-state index is 13.0. The van der Waals surface area contributed by atoms with Gasteiger partial charge in [-0.05, 0) is 32.4 Å². The van der Waals surface area contributed by atoms with Crippen molar-refractivity contribution < 1.29 is 22.5 Å². The zero-order chi connectivity index (χ0) is 18.5. The van der Waals surface area contributed by atoms with E-state index in [4.69, 9.17) is 9.26 Å². The summed E-state index contributed by atoms with van der Waals surface area (Å²) < 4.78 is 38.1. The van der Waals surface area contributed by atoms with Crippen molar-refractivity contribution >= 4 is 15.9 Å². The van der Waals surface area contributed by atoms with Crippen LogP contribution in [-0.2, 0) is 10.0 Å². The van der Waals surface area contributed by atoms with Crippen LogP contribution in [0, 0.1) is 13.8 Å². The second-order valence-electron chi connectivity index (χ2n) is 6.59. The van der Waals surface area contributed by atoms with Gasteiger partial charge in [-0.15, -0.1) is 0 Å². The van der Waals surface area contributed by atoms with Crippen LogP contribution in [0.2, 0.25) is 0 Å². The summed E-state index contributed by atoms with van der Waals surface area (Å²) in [5.41, 5.74) is 0.911. The SMILES string of the molecule is Cc1noc(C)c1C(=O)N[C@H]1C[C@H]2COc3ccccc3S(=O)(=O)N2C1. The molecular weight excluding hydrogens is 358 g/mol. The second kappa shape index (κ2) is 6.10.